The second-order valence-corrected chi connectivity index (χ2v) is 6.80. The van der Waals surface area contributed by atoms with Crippen LogP contribution in [0.5, 0.6) is 5.75 Å². The van der Waals surface area contributed by atoms with Crippen molar-refractivity contribution in [1.82, 2.24) is 5.32 Å². The maximum absolute atomic E-state index is 11.2. The molecule has 2 rings (SSSR count). The molecule has 0 radical (unpaired) electrons. The molecule has 32 heavy (non-hydrogen) atoms. The predicted molar refractivity (Wildman–Crippen MR) is 133 cm³/mol. The number of rotatable bonds is 9. The van der Waals surface area contributed by atoms with Gasteiger partial charge in [0.05, 0.1) is 17.5 Å². The van der Waals surface area contributed by atoms with Crippen LogP contribution in [-0.2, 0) is 4.79 Å². The number of carbonyl (C=O) groups is 1. The average molecular weight is 431 g/mol. The molecule has 0 aromatic heterocycles. The van der Waals surface area contributed by atoms with Gasteiger partial charge in [-0.15, -0.1) is 0 Å². The molecule has 0 amide bonds. The van der Waals surface area contributed by atoms with E-state index in [0.29, 0.717) is 17.4 Å². The number of hydrogen-bond acceptors (Lipinski definition) is 6. The fourth-order valence-corrected chi connectivity index (χ4v) is 2.88. The minimum atomic E-state index is -0.634. The zero-order valence-corrected chi connectivity index (χ0v) is 18.4. The average Bonchev–Trinajstić information content (AvgIpc) is 2.81. The van der Waals surface area contributed by atoms with E-state index in [9.17, 15) is 9.90 Å². The van der Waals surface area contributed by atoms with Crippen LogP contribution < -0.4 is 11.1 Å². The summed E-state index contributed by atoms with van der Waals surface area (Å²) in [4.78, 5) is 11.2. The number of hydrogen-bond donors (Lipinski definition) is 5. The van der Waals surface area contributed by atoms with Crippen LogP contribution in [0.15, 0.2) is 90.7 Å². The maximum Gasteiger partial charge on any atom is 0.166 e. The Bertz CT molecular complexity index is 1030. The van der Waals surface area contributed by atoms with Gasteiger partial charge >= 0.3 is 0 Å². The maximum atomic E-state index is 11.2. The Morgan fingerprint density at radius 3 is 2.31 bits per heavy atom. The molecule has 0 fully saturated rings. The highest BCUT2D eigenvalue weighted by atomic mass is 16.3. The van der Waals surface area contributed by atoms with Crippen molar-refractivity contribution in [3.63, 3.8) is 0 Å². The van der Waals surface area contributed by atoms with E-state index >= 15 is 0 Å². The number of carbonyl (C=O) groups excluding carboxylic acids is 1. The Morgan fingerprint density at radius 2 is 1.84 bits per heavy atom. The highest BCUT2D eigenvalue weighted by Gasteiger charge is 2.23. The minimum absolute atomic E-state index is 0.00573. The minimum Gasteiger partial charge on any atom is -0.508 e. The van der Waals surface area contributed by atoms with Crippen molar-refractivity contribution < 1.29 is 9.90 Å². The third-order valence-electron chi connectivity index (χ3n) is 4.54. The Labute approximate surface area is 189 Å². The van der Waals surface area contributed by atoms with Gasteiger partial charge in [0, 0.05) is 17.4 Å². The Balaban J connectivity index is 0.000000471. The number of allylic oxidation sites excluding steroid dienone is 3. The van der Waals surface area contributed by atoms with Crippen LogP contribution >= 0.6 is 0 Å². The molecule has 1 unspecified atom stereocenters. The molecule has 0 saturated carbocycles. The predicted octanol–water partition coefficient (Wildman–Crippen LogP) is 4.16. The largest absolute Gasteiger partial charge is 0.508 e. The molecular weight excluding hydrogens is 400 g/mol. The topological polar surface area (TPSA) is 123 Å². The van der Waals surface area contributed by atoms with E-state index in [2.05, 4.69) is 49.7 Å². The van der Waals surface area contributed by atoms with Crippen LogP contribution in [0.2, 0.25) is 0 Å². The molecule has 0 saturated heterocycles. The van der Waals surface area contributed by atoms with Crippen molar-refractivity contribution in [3.05, 3.63) is 107 Å². The molecule has 2 aromatic rings. The number of aldehydes is 1. The van der Waals surface area contributed by atoms with Crippen LogP contribution in [0.3, 0.4) is 0 Å². The SMILES string of the molecule is C=C/C=C(\C=N)C(NC)/C(C(=N)c1cccc(O)c1)=C(/N)C=O.C=Cc1ccc(C)cc1. The summed E-state index contributed by atoms with van der Waals surface area (Å²) < 4.78 is 0. The van der Waals surface area contributed by atoms with Crippen LogP contribution in [-0.4, -0.2) is 36.4 Å². The van der Waals surface area contributed by atoms with Crippen molar-refractivity contribution in [2.75, 3.05) is 7.05 Å². The molecule has 0 aliphatic rings. The zero-order chi connectivity index (χ0) is 24.1. The van der Waals surface area contributed by atoms with Gasteiger partial charge in [-0.1, -0.05) is 73.3 Å². The van der Waals surface area contributed by atoms with Gasteiger partial charge in [0.25, 0.3) is 0 Å². The molecule has 0 bridgehead atoms. The number of phenols is 1. The molecule has 1 atom stereocenters. The molecule has 2 aromatic carbocycles. The molecule has 166 valence electrons. The summed E-state index contributed by atoms with van der Waals surface area (Å²) in [6.07, 6.45) is 6.53. The third-order valence-corrected chi connectivity index (χ3v) is 4.54. The van der Waals surface area contributed by atoms with Gasteiger partial charge in [0.1, 0.15) is 5.75 Å². The summed E-state index contributed by atoms with van der Waals surface area (Å²) in [5, 5.41) is 28.4. The molecule has 0 spiro atoms. The summed E-state index contributed by atoms with van der Waals surface area (Å²) in [6.45, 7) is 9.33. The number of phenolic OH excluding ortho intramolecular Hbond substituents is 1. The molecule has 0 aliphatic carbocycles. The lowest BCUT2D eigenvalue weighted by molar-refractivity contribution is -0.105. The summed E-state index contributed by atoms with van der Waals surface area (Å²) in [6, 6.07) is 13.8. The van der Waals surface area contributed by atoms with Crippen molar-refractivity contribution >= 4 is 24.3 Å². The summed E-state index contributed by atoms with van der Waals surface area (Å²) in [7, 11) is 1.64. The highest BCUT2D eigenvalue weighted by Crippen LogP contribution is 2.21. The Morgan fingerprint density at radius 1 is 1.19 bits per heavy atom. The first-order valence-electron chi connectivity index (χ1n) is 9.85. The van der Waals surface area contributed by atoms with Crippen LogP contribution in [0.4, 0.5) is 0 Å². The Kier molecular flexibility index (Phi) is 10.8. The number of nitrogens with two attached hydrogens (primary N) is 1. The lowest BCUT2D eigenvalue weighted by Gasteiger charge is -2.22. The van der Waals surface area contributed by atoms with Gasteiger partial charge in [0.2, 0.25) is 0 Å². The van der Waals surface area contributed by atoms with Crippen molar-refractivity contribution in [2.45, 2.75) is 13.0 Å². The standard InChI is InChI=1S/C17H20N4O2.C9H10/c1-3-5-12(9-18)17(21-2)15(14(19)10-22)16(20)11-6-4-7-13(23)8-11;1-3-9-6-4-8(2)5-7-9/h3-10,17-18,20-21,23H,1,19H2,2H3;3-7H,1H2,2H3/b12-5+,15-14+,18-9?,20-16?;. The van der Waals surface area contributed by atoms with Gasteiger partial charge in [-0.05, 0) is 37.2 Å². The van der Waals surface area contributed by atoms with Crippen molar-refractivity contribution in [1.29, 1.82) is 10.8 Å². The molecular formula is C26H30N4O2. The molecule has 6 nitrogen and oxygen atoms in total. The molecule has 6 heteroatoms. The number of aromatic hydroxyl groups is 1. The van der Waals surface area contributed by atoms with Crippen molar-refractivity contribution in [3.8, 4) is 5.75 Å². The van der Waals surface area contributed by atoms with Crippen LogP contribution in [0.1, 0.15) is 16.7 Å². The Hall–Kier alpha value is -4.03. The molecule has 0 heterocycles. The van der Waals surface area contributed by atoms with Gasteiger partial charge in [0.15, 0.2) is 6.29 Å². The number of benzene rings is 2. The first kappa shape index (κ1) is 26.0. The third kappa shape index (κ3) is 7.34. The summed E-state index contributed by atoms with van der Waals surface area (Å²) in [5.74, 6) is 0.00573. The van der Waals surface area contributed by atoms with Gasteiger partial charge < -0.3 is 21.6 Å². The zero-order valence-electron chi connectivity index (χ0n) is 18.4. The van der Waals surface area contributed by atoms with Gasteiger partial charge in [-0.25, -0.2) is 0 Å². The summed E-state index contributed by atoms with van der Waals surface area (Å²) in [5.41, 5.74) is 9.27. The van der Waals surface area contributed by atoms with E-state index < -0.39 is 6.04 Å². The lowest BCUT2D eigenvalue weighted by atomic mass is 9.90. The molecule has 0 aliphatic heterocycles. The quantitative estimate of drug-likeness (QED) is 0.177. The van der Waals surface area contributed by atoms with Crippen molar-refractivity contribution in [2.24, 2.45) is 5.73 Å². The second kappa shape index (κ2) is 13.3. The smallest absolute Gasteiger partial charge is 0.166 e. The summed E-state index contributed by atoms with van der Waals surface area (Å²) >= 11 is 0. The lowest BCUT2D eigenvalue weighted by Crippen LogP contribution is -2.36. The highest BCUT2D eigenvalue weighted by molar-refractivity contribution is 6.14. The normalized spacial score (nSPS) is 12.4. The van der Waals surface area contributed by atoms with E-state index in [1.165, 1.54) is 29.3 Å². The van der Waals surface area contributed by atoms with E-state index in [-0.39, 0.29) is 22.7 Å². The van der Waals surface area contributed by atoms with Gasteiger partial charge in [-0.2, -0.15) is 0 Å². The second-order valence-electron chi connectivity index (χ2n) is 6.80. The van der Waals surface area contributed by atoms with Gasteiger partial charge in [-0.3, -0.25) is 10.2 Å². The fourth-order valence-electron chi connectivity index (χ4n) is 2.88. The first-order valence-corrected chi connectivity index (χ1v) is 9.85. The first-order chi connectivity index (χ1) is 15.3. The van der Waals surface area contributed by atoms with E-state index in [1.54, 1.807) is 25.3 Å². The van der Waals surface area contributed by atoms with E-state index in [0.717, 1.165) is 6.21 Å². The van der Waals surface area contributed by atoms with Crippen LogP contribution in [0, 0.1) is 17.7 Å². The van der Waals surface area contributed by atoms with E-state index in [4.69, 9.17) is 16.6 Å². The van der Waals surface area contributed by atoms with Crippen LogP contribution in [0.25, 0.3) is 6.08 Å². The number of nitrogens with one attached hydrogen (secondary N) is 3. The monoisotopic (exact) mass is 430 g/mol. The molecule has 6 N–H and O–H groups in total. The number of likely N-dealkylation sites (N-methyl/N-ethyl adjacent to an activating group) is 1. The fraction of sp³-hybridized carbons (Fsp3) is 0.115. The number of aryl methyl sites for hydroxylation is 1. The van der Waals surface area contributed by atoms with E-state index in [1.807, 2.05) is 6.08 Å².